The number of nitrogens with one attached hydrogen (secondary N) is 1. The van der Waals surface area contributed by atoms with Gasteiger partial charge in [0, 0.05) is 31.4 Å². The summed E-state index contributed by atoms with van der Waals surface area (Å²) in [4.78, 5) is 43.5. The number of alkyl carbamates (subject to hydrolysis) is 1. The predicted octanol–water partition coefficient (Wildman–Crippen LogP) is 4.67. The number of methoxy groups -OCH3 is 1. The van der Waals surface area contributed by atoms with Crippen molar-refractivity contribution in [1.29, 1.82) is 0 Å². The first-order valence-electron chi connectivity index (χ1n) is 14.7. The number of hydrogen-bond acceptors (Lipinski definition) is 9. The monoisotopic (exact) mass is 645 g/mol. The standard InChI is InChI=1S/C31H40ClN5O8/c1-16-9-8-10-23(42-7)31(41)15-22(43-29(40)34-31)18(3)27-30(5,45-27)24(44-28(39)19(4)35-36-33)14-25(38)37(6)21-13-20(11-16)12-17(2)26(21)32/h8-10,12-13,18-19,22-24,27,41H,11,14-15H2,1-7H3,(H,34,40)/b10-8+,16-9+/t18-,19-,22-,23+,24-,27+,30-,31-/m0/s1. The van der Waals surface area contributed by atoms with Gasteiger partial charge in [0.15, 0.2) is 5.72 Å². The Hall–Kier alpha value is -3.61. The zero-order valence-corrected chi connectivity index (χ0v) is 27.2. The lowest BCUT2D eigenvalue weighted by Crippen LogP contribution is -2.63. The summed E-state index contributed by atoms with van der Waals surface area (Å²) in [5.41, 5.74) is 9.01. The number of rotatable bonds is 4. The molecular weight excluding hydrogens is 606 g/mol. The fourth-order valence-corrected chi connectivity index (χ4v) is 6.24. The van der Waals surface area contributed by atoms with E-state index in [1.807, 2.05) is 32.1 Å². The van der Waals surface area contributed by atoms with E-state index in [1.165, 1.54) is 18.9 Å². The number of carbonyl (C=O) groups is 3. The van der Waals surface area contributed by atoms with Crippen LogP contribution in [0, 0.1) is 12.8 Å². The van der Waals surface area contributed by atoms with Crippen LogP contribution in [0.2, 0.25) is 5.02 Å². The molecular formula is C31H40ClN5O8. The molecule has 3 aliphatic heterocycles. The van der Waals surface area contributed by atoms with Gasteiger partial charge in [-0.1, -0.05) is 53.5 Å². The summed E-state index contributed by atoms with van der Waals surface area (Å²) >= 11 is 6.68. The Balaban J connectivity index is 1.79. The van der Waals surface area contributed by atoms with E-state index in [0.29, 0.717) is 17.1 Å². The SMILES string of the molecule is CO[C@@H]1/C=C/C=C(\C)Cc2cc(C)c(Cl)c(c2)N(C)C(=O)C[C@H](OC(=O)[C@H](C)N=[N+]=[N-])[C@]2(C)O[C@@H]2[C@@H](C)[C@@H]2C[C@@]1(O)NC(=O)O2. The Morgan fingerprint density at radius 3 is 2.71 bits per heavy atom. The Morgan fingerprint density at radius 2 is 2.04 bits per heavy atom. The fraction of sp³-hybridized carbons (Fsp3) is 0.581. The Morgan fingerprint density at radius 1 is 1.33 bits per heavy atom. The number of aliphatic hydroxyl groups is 1. The van der Waals surface area contributed by atoms with Crippen molar-refractivity contribution < 1.29 is 38.4 Å². The summed E-state index contributed by atoms with van der Waals surface area (Å²) < 4.78 is 23.1. The summed E-state index contributed by atoms with van der Waals surface area (Å²) in [5.74, 6) is -1.73. The van der Waals surface area contributed by atoms with Crippen LogP contribution in [0.15, 0.2) is 41.0 Å². The first-order valence-corrected chi connectivity index (χ1v) is 15.1. The van der Waals surface area contributed by atoms with Gasteiger partial charge in [0.05, 0.1) is 23.2 Å². The maximum absolute atomic E-state index is 13.8. The number of anilines is 1. The molecule has 2 amide bonds. The number of fused-ring (bicyclic) bond motifs is 5. The minimum atomic E-state index is -1.80. The third-order valence-corrected chi connectivity index (χ3v) is 9.26. The molecule has 13 nitrogen and oxygen atoms in total. The van der Waals surface area contributed by atoms with Gasteiger partial charge < -0.3 is 29.0 Å². The normalized spacial score (nSPS) is 34.6. The molecule has 244 valence electrons. The molecule has 0 spiro atoms. The van der Waals surface area contributed by atoms with Crippen LogP contribution in [0.3, 0.4) is 0 Å². The van der Waals surface area contributed by atoms with Crippen molar-refractivity contribution >= 4 is 35.3 Å². The number of allylic oxidation sites excluding steroid dienone is 3. The third kappa shape index (κ3) is 7.29. The molecule has 0 saturated carbocycles. The van der Waals surface area contributed by atoms with Gasteiger partial charge in [-0.15, -0.1) is 0 Å². The van der Waals surface area contributed by atoms with Crippen LogP contribution in [0.1, 0.15) is 51.7 Å². The molecule has 0 aromatic heterocycles. The highest BCUT2D eigenvalue weighted by atomic mass is 35.5. The zero-order chi connectivity index (χ0) is 33.3. The van der Waals surface area contributed by atoms with Gasteiger partial charge in [-0.2, -0.15) is 0 Å². The zero-order valence-electron chi connectivity index (χ0n) is 26.4. The van der Waals surface area contributed by atoms with Crippen molar-refractivity contribution in [3.05, 3.63) is 62.5 Å². The van der Waals surface area contributed by atoms with E-state index in [-0.39, 0.29) is 12.8 Å². The Bertz CT molecular complexity index is 1460. The average Bonchev–Trinajstić information content (AvgIpc) is 3.67. The highest BCUT2D eigenvalue weighted by molar-refractivity contribution is 6.34. The number of carbonyl (C=O) groups excluding carboxylic acids is 3. The van der Waals surface area contributed by atoms with E-state index in [0.717, 1.165) is 16.7 Å². The highest BCUT2D eigenvalue weighted by Gasteiger charge is 2.64. The van der Waals surface area contributed by atoms with Gasteiger partial charge in [0.2, 0.25) is 5.91 Å². The second kappa shape index (κ2) is 13.4. The summed E-state index contributed by atoms with van der Waals surface area (Å²) in [6.07, 6.45) is 1.21. The van der Waals surface area contributed by atoms with Crippen molar-refractivity contribution in [2.45, 2.75) is 95.7 Å². The van der Waals surface area contributed by atoms with Gasteiger partial charge in [-0.3, -0.25) is 14.9 Å². The molecule has 3 heterocycles. The molecule has 2 fully saturated rings. The summed E-state index contributed by atoms with van der Waals surface area (Å²) in [7, 11) is 3.03. The molecule has 0 unspecified atom stereocenters. The van der Waals surface area contributed by atoms with Gasteiger partial charge >= 0.3 is 12.1 Å². The van der Waals surface area contributed by atoms with Crippen LogP contribution in [-0.4, -0.2) is 79.0 Å². The molecule has 14 heteroatoms. The van der Waals surface area contributed by atoms with Crippen molar-refractivity contribution in [2.75, 3.05) is 19.1 Å². The summed E-state index contributed by atoms with van der Waals surface area (Å²) in [6.45, 7) is 8.67. The molecule has 1 aromatic rings. The van der Waals surface area contributed by atoms with E-state index in [4.69, 9.17) is 36.1 Å². The second-order valence-corrected chi connectivity index (χ2v) is 12.6. The maximum Gasteiger partial charge on any atom is 0.409 e. The molecule has 2 N–H and O–H groups in total. The largest absolute Gasteiger partial charge is 0.458 e. The Labute approximate surface area is 267 Å². The number of halogens is 1. The smallest absolute Gasteiger partial charge is 0.409 e. The highest BCUT2D eigenvalue weighted by Crippen LogP contribution is 2.49. The lowest BCUT2D eigenvalue weighted by Gasteiger charge is -2.42. The lowest BCUT2D eigenvalue weighted by molar-refractivity contribution is -0.154. The van der Waals surface area contributed by atoms with Gasteiger partial charge in [-0.25, -0.2) is 4.79 Å². The van der Waals surface area contributed by atoms with Crippen LogP contribution in [0.5, 0.6) is 0 Å². The predicted molar refractivity (Wildman–Crippen MR) is 166 cm³/mol. The van der Waals surface area contributed by atoms with E-state index in [1.54, 1.807) is 33.0 Å². The number of ether oxygens (including phenoxy) is 4. The molecule has 0 radical (unpaired) electrons. The first-order chi connectivity index (χ1) is 21.1. The molecule has 3 aliphatic rings. The number of azide groups is 1. The first kappa shape index (κ1) is 34.3. The van der Waals surface area contributed by atoms with Crippen molar-refractivity contribution in [1.82, 2.24) is 5.32 Å². The number of benzene rings is 1. The fourth-order valence-electron chi connectivity index (χ4n) is 6.01. The topological polar surface area (TPSA) is 176 Å². The number of nitrogens with zero attached hydrogens (tertiary/aromatic N) is 4. The molecule has 1 aromatic carbocycles. The maximum atomic E-state index is 13.8. The number of aryl methyl sites for hydroxylation is 1. The van der Waals surface area contributed by atoms with E-state index in [2.05, 4.69) is 15.3 Å². The number of epoxide rings is 1. The van der Waals surface area contributed by atoms with Gasteiger partial charge in [0.25, 0.3) is 0 Å². The quantitative estimate of drug-likeness (QED) is 0.156. The lowest BCUT2D eigenvalue weighted by atomic mass is 9.83. The van der Waals surface area contributed by atoms with Crippen LogP contribution in [0.25, 0.3) is 10.4 Å². The Kier molecular flexibility index (Phi) is 10.2. The van der Waals surface area contributed by atoms with Crippen LogP contribution in [0.4, 0.5) is 10.5 Å². The number of hydrogen-bond donors (Lipinski definition) is 2. The van der Waals surface area contributed by atoms with Crippen LogP contribution >= 0.6 is 11.6 Å². The van der Waals surface area contributed by atoms with E-state index < -0.39 is 65.7 Å². The average molecular weight is 646 g/mol. The van der Waals surface area contributed by atoms with Gasteiger partial charge in [-0.05, 0) is 56.8 Å². The molecule has 4 bridgehead atoms. The van der Waals surface area contributed by atoms with E-state index >= 15 is 0 Å². The molecule has 0 aliphatic carbocycles. The molecule has 2 saturated heterocycles. The minimum absolute atomic E-state index is 0.0367. The van der Waals surface area contributed by atoms with Crippen molar-refractivity contribution in [2.24, 2.45) is 11.0 Å². The van der Waals surface area contributed by atoms with Crippen molar-refractivity contribution in [3.63, 3.8) is 0 Å². The van der Waals surface area contributed by atoms with E-state index in [9.17, 15) is 19.5 Å². The third-order valence-electron chi connectivity index (χ3n) is 8.77. The minimum Gasteiger partial charge on any atom is -0.458 e. The van der Waals surface area contributed by atoms with Crippen LogP contribution < -0.4 is 10.2 Å². The number of amides is 2. The molecule has 8 atom stereocenters. The van der Waals surface area contributed by atoms with Crippen LogP contribution in [-0.2, 0) is 35.0 Å². The van der Waals surface area contributed by atoms with Gasteiger partial charge in [0.1, 0.15) is 30.0 Å². The molecule has 45 heavy (non-hydrogen) atoms. The summed E-state index contributed by atoms with van der Waals surface area (Å²) in [6, 6.07) is 2.63. The molecule has 4 rings (SSSR count). The number of esters is 1. The second-order valence-electron chi connectivity index (χ2n) is 12.2. The summed E-state index contributed by atoms with van der Waals surface area (Å²) in [5, 5.41) is 17.9. The van der Waals surface area contributed by atoms with Crippen molar-refractivity contribution in [3.8, 4) is 0 Å².